The van der Waals surface area contributed by atoms with Gasteiger partial charge in [-0.05, 0) is 53.4 Å². The summed E-state index contributed by atoms with van der Waals surface area (Å²) in [5.41, 5.74) is 4.28. The molecule has 18 heavy (non-hydrogen) atoms. The highest BCUT2D eigenvalue weighted by Gasteiger charge is 2.06. The molecule has 0 spiro atoms. The molecule has 1 aromatic carbocycles. The van der Waals surface area contributed by atoms with Crippen molar-refractivity contribution in [2.45, 2.75) is 27.3 Å². The van der Waals surface area contributed by atoms with Crippen molar-refractivity contribution < 1.29 is 0 Å². The summed E-state index contributed by atoms with van der Waals surface area (Å²) >= 11 is 3.27. The van der Waals surface area contributed by atoms with Crippen LogP contribution in [-0.4, -0.2) is 9.55 Å². The van der Waals surface area contributed by atoms with Gasteiger partial charge in [0.05, 0.1) is 18.6 Å². The third kappa shape index (κ3) is 2.53. The third-order valence-electron chi connectivity index (χ3n) is 3.08. The monoisotopic (exact) mass is 306 g/mol. The van der Waals surface area contributed by atoms with Crippen molar-refractivity contribution in [2.75, 3.05) is 0 Å². The van der Waals surface area contributed by atoms with E-state index in [0.717, 1.165) is 11.3 Å². The van der Waals surface area contributed by atoms with E-state index in [1.54, 1.807) is 10.9 Å². The topological polar surface area (TPSA) is 34.9 Å². The fourth-order valence-electron chi connectivity index (χ4n) is 1.76. The molecule has 2 aromatic rings. The highest BCUT2D eigenvalue weighted by Crippen LogP contribution is 2.11. The van der Waals surface area contributed by atoms with Crippen LogP contribution in [0, 0.1) is 20.8 Å². The van der Waals surface area contributed by atoms with Crippen LogP contribution in [0.3, 0.4) is 0 Å². The smallest absolute Gasteiger partial charge is 0.268 e. The standard InChI is InChI=1S/C14H15BrN2O/c1-9-4-5-12(6-10(9)2)7-17-8-16-11(3)13(15)14(17)18/h4-6,8H,7H2,1-3H3. The first kappa shape index (κ1) is 13.0. The van der Waals surface area contributed by atoms with Gasteiger partial charge in [0.2, 0.25) is 0 Å². The van der Waals surface area contributed by atoms with Crippen LogP contribution in [0.4, 0.5) is 0 Å². The maximum Gasteiger partial charge on any atom is 0.268 e. The van der Waals surface area contributed by atoms with E-state index in [-0.39, 0.29) is 5.56 Å². The first-order valence-electron chi connectivity index (χ1n) is 5.76. The molecule has 3 nitrogen and oxygen atoms in total. The van der Waals surface area contributed by atoms with Crippen molar-refractivity contribution in [1.29, 1.82) is 0 Å². The summed E-state index contributed by atoms with van der Waals surface area (Å²) in [4.78, 5) is 16.2. The van der Waals surface area contributed by atoms with Gasteiger partial charge in [-0.15, -0.1) is 0 Å². The molecule has 0 bridgehead atoms. The molecule has 0 saturated heterocycles. The summed E-state index contributed by atoms with van der Waals surface area (Å²) in [7, 11) is 0. The Bertz CT molecular complexity index is 647. The Hall–Kier alpha value is -1.42. The molecule has 0 atom stereocenters. The molecule has 0 radical (unpaired) electrons. The van der Waals surface area contributed by atoms with Gasteiger partial charge in [0.1, 0.15) is 4.47 Å². The van der Waals surface area contributed by atoms with Crippen LogP contribution >= 0.6 is 15.9 Å². The maximum absolute atomic E-state index is 12.0. The van der Waals surface area contributed by atoms with Crippen LogP contribution in [-0.2, 0) is 6.54 Å². The molecular weight excluding hydrogens is 292 g/mol. The molecule has 94 valence electrons. The minimum atomic E-state index is -0.0410. The Balaban J connectivity index is 2.37. The second kappa shape index (κ2) is 5.06. The van der Waals surface area contributed by atoms with E-state index in [2.05, 4.69) is 46.9 Å². The number of aryl methyl sites for hydroxylation is 3. The lowest BCUT2D eigenvalue weighted by Gasteiger charge is -2.08. The Labute approximate surface area is 115 Å². The molecule has 0 aliphatic heterocycles. The summed E-state index contributed by atoms with van der Waals surface area (Å²) in [6, 6.07) is 6.23. The van der Waals surface area contributed by atoms with Gasteiger partial charge in [-0.1, -0.05) is 18.2 Å². The summed E-state index contributed by atoms with van der Waals surface area (Å²) in [6.45, 7) is 6.51. The van der Waals surface area contributed by atoms with Crippen LogP contribution in [0.2, 0.25) is 0 Å². The van der Waals surface area contributed by atoms with Gasteiger partial charge < -0.3 is 0 Å². The molecule has 0 aliphatic carbocycles. The first-order chi connectivity index (χ1) is 8.49. The molecule has 0 fully saturated rings. The van der Waals surface area contributed by atoms with Gasteiger partial charge in [-0.25, -0.2) is 4.98 Å². The zero-order valence-electron chi connectivity index (χ0n) is 10.7. The molecule has 0 saturated carbocycles. The number of rotatable bonds is 2. The summed E-state index contributed by atoms with van der Waals surface area (Å²) in [6.07, 6.45) is 1.59. The average molecular weight is 307 g/mol. The molecule has 0 unspecified atom stereocenters. The van der Waals surface area contributed by atoms with Gasteiger partial charge in [-0.3, -0.25) is 9.36 Å². The van der Waals surface area contributed by atoms with E-state index < -0.39 is 0 Å². The van der Waals surface area contributed by atoms with Gasteiger partial charge in [-0.2, -0.15) is 0 Å². The van der Waals surface area contributed by atoms with Crippen LogP contribution in [0.5, 0.6) is 0 Å². The van der Waals surface area contributed by atoms with Crippen LogP contribution in [0.1, 0.15) is 22.4 Å². The van der Waals surface area contributed by atoms with E-state index in [1.165, 1.54) is 11.1 Å². The van der Waals surface area contributed by atoms with E-state index >= 15 is 0 Å². The maximum atomic E-state index is 12.0. The lowest BCUT2D eigenvalue weighted by molar-refractivity contribution is 0.723. The van der Waals surface area contributed by atoms with Crippen molar-refractivity contribution >= 4 is 15.9 Å². The number of benzene rings is 1. The Morgan fingerprint density at radius 3 is 2.61 bits per heavy atom. The zero-order chi connectivity index (χ0) is 13.3. The zero-order valence-corrected chi connectivity index (χ0v) is 12.3. The number of nitrogens with zero attached hydrogens (tertiary/aromatic N) is 2. The van der Waals surface area contributed by atoms with E-state index in [1.807, 2.05) is 13.0 Å². The molecule has 0 aliphatic rings. The molecule has 0 N–H and O–H groups in total. The lowest BCUT2D eigenvalue weighted by atomic mass is 10.1. The van der Waals surface area contributed by atoms with Crippen LogP contribution in [0.15, 0.2) is 33.8 Å². The second-order valence-electron chi connectivity index (χ2n) is 4.50. The van der Waals surface area contributed by atoms with Gasteiger partial charge in [0, 0.05) is 0 Å². The van der Waals surface area contributed by atoms with E-state index in [0.29, 0.717) is 11.0 Å². The fraction of sp³-hybridized carbons (Fsp3) is 0.286. The SMILES string of the molecule is Cc1ccc(Cn2cnc(C)c(Br)c2=O)cc1C. The predicted octanol–water partition coefficient (Wildman–Crippen LogP) is 2.98. The molecule has 1 aromatic heterocycles. The first-order valence-corrected chi connectivity index (χ1v) is 6.56. The Kier molecular flexibility index (Phi) is 3.66. The normalized spacial score (nSPS) is 10.7. The minimum absolute atomic E-state index is 0.0410. The van der Waals surface area contributed by atoms with Gasteiger partial charge in [0.25, 0.3) is 5.56 Å². The quantitative estimate of drug-likeness (QED) is 0.855. The molecule has 2 rings (SSSR count). The minimum Gasteiger partial charge on any atom is -0.294 e. The molecule has 4 heteroatoms. The summed E-state index contributed by atoms with van der Waals surface area (Å²) in [5, 5.41) is 0. The number of halogens is 1. The average Bonchev–Trinajstić information content (AvgIpc) is 2.34. The van der Waals surface area contributed by atoms with E-state index in [9.17, 15) is 4.79 Å². The Morgan fingerprint density at radius 1 is 1.22 bits per heavy atom. The number of hydrogen-bond donors (Lipinski definition) is 0. The molecule has 1 heterocycles. The molecular formula is C14H15BrN2O. The third-order valence-corrected chi connectivity index (χ3v) is 3.99. The van der Waals surface area contributed by atoms with Crippen molar-refractivity contribution in [1.82, 2.24) is 9.55 Å². The van der Waals surface area contributed by atoms with Gasteiger partial charge in [0.15, 0.2) is 0 Å². The van der Waals surface area contributed by atoms with Crippen LogP contribution < -0.4 is 5.56 Å². The number of hydrogen-bond acceptors (Lipinski definition) is 2. The largest absolute Gasteiger partial charge is 0.294 e. The Morgan fingerprint density at radius 2 is 1.94 bits per heavy atom. The summed E-state index contributed by atoms with van der Waals surface area (Å²) in [5.74, 6) is 0. The van der Waals surface area contributed by atoms with Crippen molar-refractivity contribution in [3.05, 3.63) is 61.7 Å². The number of aromatic nitrogens is 2. The lowest BCUT2D eigenvalue weighted by Crippen LogP contribution is -2.22. The van der Waals surface area contributed by atoms with Crippen molar-refractivity contribution in [2.24, 2.45) is 0 Å². The van der Waals surface area contributed by atoms with Crippen LogP contribution in [0.25, 0.3) is 0 Å². The van der Waals surface area contributed by atoms with Crippen molar-refractivity contribution in [3.8, 4) is 0 Å². The summed E-state index contributed by atoms with van der Waals surface area (Å²) < 4.78 is 2.15. The highest BCUT2D eigenvalue weighted by atomic mass is 79.9. The molecule has 0 amide bonds. The predicted molar refractivity (Wildman–Crippen MR) is 76.0 cm³/mol. The van der Waals surface area contributed by atoms with E-state index in [4.69, 9.17) is 0 Å². The second-order valence-corrected chi connectivity index (χ2v) is 5.29. The van der Waals surface area contributed by atoms with Gasteiger partial charge >= 0.3 is 0 Å². The van der Waals surface area contributed by atoms with Crippen molar-refractivity contribution in [3.63, 3.8) is 0 Å². The fourth-order valence-corrected chi connectivity index (χ4v) is 2.09. The highest BCUT2D eigenvalue weighted by molar-refractivity contribution is 9.10.